The Morgan fingerprint density at radius 2 is 2.26 bits per heavy atom. The number of imidazole rings is 1. The molecule has 6 nitrogen and oxygen atoms in total. The van der Waals surface area contributed by atoms with Crippen molar-refractivity contribution in [2.75, 3.05) is 6.54 Å². The molecule has 1 aliphatic heterocycles. The summed E-state index contributed by atoms with van der Waals surface area (Å²) in [5.74, 6) is 0.414. The van der Waals surface area contributed by atoms with Crippen molar-refractivity contribution in [3.63, 3.8) is 0 Å². The fourth-order valence-electron chi connectivity index (χ4n) is 3.25. The Labute approximate surface area is 138 Å². The van der Waals surface area contributed by atoms with Crippen LogP contribution >= 0.6 is 11.6 Å². The van der Waals surface area contributed by atoms with Crippen molar-refractivity contribution >= 4 is 23.3 Å². The molecule has 0 unspecified atom stereocenters. The average Bonchev–Trinajstić information content (AvgIpc) is 3.18. The second-order valence-electron chi connectivity index (χ2n) is 5.65. The van der Waals surface area contributed by atoms with Gasteiger partial charge in [-0.05, 0) is 18.6 Å². The molecule has 0 aromatic carbocycles. The maximum atomic E-state index is 12.9. The van der Waals surface area contributed by atoms with Crippen LogP contribution in [0.3, 0.4) is 0 Å². The summed E-state index contributed by atoms with van der Waals surface area (Å²) >= 11 is 5.94. The van der Waals surface area contributed by atoms with Gasteiger partial charge in [-0.2, -0.15) is 0 Å². The van der Waals surface area contributed by atoms with Crippen LogP contribution in [0, 0.1) is 0 Å². The predicted molar refractivity (Wildman–Crippen MR) is 86.5 cm³/mol. The molecule has 3 aromatic heterocycles. The van der Waals surface area contributed by atoms with Crippen molar-refractivity contribution in [3.8, 4) is 0 Å². The Balaban J connectivity index is 1.70. The highest BCUT2D eigenvalue weighted by Crippen LogP contribution is 2.29. The summed E-state index contributed by atoms with van der Waals surface area (Å²) in [5, 5.41) is 0.510. The summed E-state index contributed by atoms with van der Waals surface area (Å²) in [7, 11) is 0. The molecule has 0 fully saturated rings. The molecular weight excluding hydrogens is 314 g/mol. The summed E-state index contributed by atoms with van der Waals surface area (Å²) in [5.41, 5.74) is 1.58. The lowest BCUT2D eigenvalue weighted by Gasteiger charge is -2.36. The third-order valence-corrected chi connectivity index (χ3v) is 4.50. The van der Waals surface area contributed by atoms with Gasteiger partial charge in [0.1, 0.15) is 5.69 Å². The van der Waals surface area contributed by atoms with Gasteiger partial charge >= 0.3 is 0 Å². The van der Waals surface area contributed by atoms with E-state index in [-0.39, 0.29) is 11.9 Å². The minimum absolute atomic E-state index is 0.0640. The average molecular weight is 330 g/mol. The zero-order valence-corrected chi connectivity index (χ0v) is 13.4. The van der Waals surface area contributed by atoms with E-state index in [1.54, 1.807) is 16.8 Å². The highest BCUT2D eigenvalue weighted by molar-refractivity contribution is 6.30. The molecule has 23 heavy (non-hydrogen) atoms. The molecule has 3 aromatic rings. The third-order valence-electron chi connectivity index (χ3n) is 4.31. The van der Waals surface area contributed by atoms with Gasteiger partial charge in [0, 0.05) is 37.4 Å². The fraction of sp³-hybridized carbons (Fsp3) is 0.312. The first-order valence-corrected chi connectivity index (χ1v) is 8.01. The van der Waals surface area contributed by atoms with Crippen molar-refractivity contribution in [1.82, 2.24) is 23.8 Å². The fourth-order valence-corrected chi connectivity index (χ4v) is 3.40. The largest absolute Gasteiger partial charge is 0.348 e. The van der Waals surface area contributed by atoms with Crippen molar-refractivity contribution in [1.29, 1.82) is 0 Å². The molecule has 0 N–H and O–H groups in total. The van der Waals surface area contributed by atoms with Crippen LogP contribution in [0.4, 0.5) is 0 Å². The number of aromatic nitrogens is 4. The lowest BCUT2D eigenvalue weighted by atomic mass is 10.1. The van der Waals surface area contributed by atoms with Gasteiger partial charge in [-0.1, -0.05) is 18.5 Å². The molecule has 0 saturated carbocycles. The molecule has 0 spiro atoms. The van der Waals surface area contributed by atoms with E-state index < -0.39 is 0 Å². The SMILES string of the molecule is CC[C@@H]1c2cccn2CCN1C(=O)c1cn2cc(Cl)cnc2n1. The van der Waals surface area contributed by atoms with E-state index in [4.69, 9.17) is 11.6 Å². The smallest absolute Gasteiger partial charge is 0.274 e. The maximum Gasteiger partial charge on any atom is 0.274 e. The summed E-state index contributed by atoms with van der Waals surface area (Å²) in [6, 6.07) is 4.19. The van der Waals surface area contributed by atoms with E-state index in [0.29, 0.717) is 23.0 Å². The van der Waals surface area contributed by atoms with Crippen LogP contribution in [0.5, 0.6) is 0 Å². The summed E-state index contributed by atoms with van der Waals surface area (Å²) in [6.45, 7) is 3.59. The van der Waals surface area contributed by atoms with Crippen LogP contribution in [0.2, 0.25) is 5.02 Å². The molecule has 1 atom stereocenters. The number of hydrogen-bond donors (Lipinski definition) is 0. The van der Waals surface area contributed by atoms with Crippen LogP contribution in [0.25, 0.3) is 5.78 Å². The van der Waals surface area contributed by atoms with Crippen LogP contribution in [-0.4, -0.2) is 36.3 Å². The Hall–Kier alpha value is -2.34. The Bertz CT molecular complexity index is 884. The quantitative estimate of drug-likeness (QED) is 0.726. The molecule has 1 aliphatic rings. The first-order valence-electron chi connectivity index (χ1n) is 7.63. The highest BCUT2D eigenvalue weighted by atomic mass is 35.5. The van der Waals surface area contributed by atoms with Crippen molar-refractivity contribution < 1.29 is 4.79 Å². The number of halogens is 1. The zero-order chi connectivity index (χ0) is 16.0. The first kappa shape index (κ1) is 14.3. The number of carbonyl (C=O) groups excluding carboxylic acids is 1. The van der Waals surface area contributed by atoms with Crippen LogP contribution in [0.1, 0.15) is 35.6 Å². The van der Waals surface area contributed by atoms with Crippen LogP contribution < -0.4 is 0 Å². The van der Waals surface area contributed by atoms with Gasteiger partial charge in [0.15, 0.2) is 0 Å². The number of nitrogens with zero attached hydrogens (tertiary/aromatic N) is 5. The van der Waals surface area contributed by atoms with E-state index in [0.717, 1.165) is 13.0 Å². The monoisotopic (exact) mass is 329 g/mol. The predicted octanol–water partition coefficient (Wildman–Crippen LogP) is 2.79. The molecule has 4 rings (SSSR count). The van der Waals surface area contributed by atoms with Crippen LogP contribution in [0.15, 0.2) is 36.9 Å². The minimum atomic E-state index is -0.0640. The van der Waals surface area contributed by atoms with Gasteiger partial charge in [0.05, 0.1) is 17.3 Å². The highest BCUT2D eigenvalue weighted by Gasteiger charge is 2.31. The normalized spacial score (nSPS) is 17.5. The molecule has 4 heterocycles. The second-order valence-corrected chi connectivity index (χ2v) is 6.09. The van der Waals surface area contributed by atoms with Crippen LogP contribution in [-0.2, 0) is 6.54 Å². The maximum absolute atomic E-state index is 12.9. The molecule has 1 amide bonds. The van der Waals surface area contributed by atoms with Gasteiger partial charge in [0.2, 0.25) is 5.78 Å². The Morgan fingerprint density at radius 3 is 3.09 bits per heavy atom. The number of rotatable bonds is 2. The van der Waals surface area contributed by atoms with Crippen molar-refractivity contribution in [2.45, 2.75) is 25.9 Å². The lowest BCUT2D eigenvalue weighted by Crippen LogP contribution is -2.41. The molecule has 0 saturated heterocycles. The number of fused-ring (bicyclic) bond motifs is 2. The number of amides is 1. The Kier molecular flexibility index (Phi) is 3.34. The second kappa shape index (κ2) is 5.38. The van der Waals surface area contributed by atoms with Crippen molar-refractivity contribution in [2.24, 2.45) is 0 Å². The number of hydrogen-bond acceptors (Lipinski definition) is 3. The number of carbonyl (C=O) groups is 1. The van der Waals surface area contributed by atoms with Gasteiger partial charge in [-0.15, -0.1) is 0 Å². The topological polar surface area (TPSA) is 55.4 Å². The summed E-state index contributed by atoms with van der Waals surface area (Å²) < 4.78 is 3.89. The summed E-state index contributed by atoms with van der Waals surface area (Å²) in [6.07, 6.45) is 7.86. The van der Waals surface area contributed by atoms with Crippen molar-refractivity contribution in [3.05, 3.63) is 53.3 Å². The zero-order valence-electron chi connectivity index (χ0n) is 12.7. The van der Waals surface area contributed by atoms with E-state index in [9.17, 15) is 4.79 Å². The molecule has 0 aliphatic carbocycles. The lowest BCUT2D eigenvalue weighted by molar-refractivity contribution is 0.0612. The molecule has 0 bridgehead atoms. The summed E-state index contributed by atoms with van der Waals surface area (Å²) in [4.78, 5) is 23.3. The minimum Gasteiger partial charge on any atom is -0.348 e. The molecular formula is C16H16ClN5O. The van der Waals surface area contributed by atoms with Gasteiger partial charge in [-0.3, -0.25) is 9.20 Å². The van der Waals surface area contributed by atoms with Gasteiger partial charge in [0.25, 0.3) is 5.91 Å². The molecule has 7 heteroatoms. The van der Waals surface area contributed by atoms with Gasteiger partial charge in [-0.25, -0.2) is 9.97 Å². The van der Waals surface area contributed by atoms with E-state index >= 15 is 0 Å². The van der Waals surface area contributed by atoms with E-state index in [1.807, 2.05) is 11.0 Å². The van der Waals surface area contributed by atoms with E-state index in [2.05, 4.69) is 33.7 Å². The third kappa shape index (κ3) is 2.30. The van der Waals surface area contributed by atoms with Gasteiger partial charge < -0.3 is 9.47 Å². The molecule has 0 radical (unpaired) electrons. The van der Waals surface area contributed by atoms with E-state index in [1.165, 1.54) is 11.9 Å². The first-order chi connectivity index (χ1) is 11.2. The standard InChI is InChI=1S/C16H16ClN5O/c1-2-13-14-4-3-5-20(14)6-7-22(13)15(23)12-10-21-9-11(17)8-18-16(21)19-12/h3-5,8-10,13H,2,6-7H2,1H3/t13-/m1/s1. The Morgan fingerprint density at radius 1 is 1.39 bits per heavy atom. The molecule has 118 valence electrons.